The Balaban J connectivity index is 0.00000144. The van der Waals surface area contributed by atoms with Gasteiger partial charge in [0.1, 0.15) is 0 Å². The second-order valence-corrected chi connectivity index (χ2v) is 7.11. The maximum Gasteiger partial charge on any atom is 0.220 e. The van der Waals surface area contributed by atoms with Gasteiger partial charge in [-0.1, -0.05) is 30.3 Å². The van der Waals surface area contributed by atoms with E-state index in [1.807, 2.05) is 6.07 Å². The lowest BCUT2D eigenvalue weighted by Crippen LogP contribution is -2.40. The van der Waals surface area contributed by atoms with Crippen molar-refractivity contribution >= 4 is 18.3 Å². The molecule has 4 atom stereocenters. The van der Waals surface area contributed by atoms with Crippen molar-refractivity contribution in [2.75, 3.05) is 0 Å². The molecule has 1 amide bonds. The van der Waals surface area contributed by atoms with Crippen LogP contribution in [0.3, 0.4) is 0 Å². The van der Waals surface area contributed by atoms with E-state index in [0.29, 0.717) is 30.0 Å². The molecule has 2 N–H and O–H groups in total. The maximum absolute atomic E-state index is 12.2. The molecule has 22 heavy (non-hydrogen) atoms. The molecule has 4 unspecified atom stereocenters. The number of nitrogens with one attached hydrogen (secondary N) is 2. The predicted octanol–water partition coefficient (Wildman–Crippen LogP) is 3.00. The average molecular weight is 321 g/mol. The van der Waals surface area contributed by atoms with Gasteiger partial charge in [0.2, 0.25) is 5.91 Å². The zero-order chi connectivity index (χ0) is 14.2. The summed E-state index contributed by atoms with van der Waals surface area (Å²) in [6.07, 6.45) is 6.83. The van der Waals surface area contributed by atoms with E-state index in [9.17, 15) is 4.79 Å². The first-order valence-corrected chi connectivity index (χ1v) is 8.38. The first kappa shape index (κ1) is 15.8. The van der Waals surface area contributed by atoms with E-state index in [1.165, 1.54) is 31.2 Å². The van der Waals surface area contributed by atoms with Gasteiger partial charge in [-0.15, -0.1) is 12.4 Å². The highest BCUT2D eigenvalue weighted by atomic mass is 35.5. The van der Waals surface area contributed by atoms with E-state index < -0.39 is 0 Å². The Morgan fingerprint density at radius 3 is 2.45 bits per heavy atom. The number of hydrogen-bond donors (Lipinski definition) is 2. The largest absolute Gasteiger partial charge is 0.353 e. The molecule has 1 aromatic rings. The van der Waals surface area contributed by atoms with E-state index in [0.717, 1.165) is 12.8 Å². The molecule has 1 saturated carbocycles. The van der Waals surface area contributed by atoms with Gasteiger partial charge in [0, 0.05) is 30.5 Å². The van der Waals surface area contributed by atoms with Crippen molar-refractivity contribution in [2.45, 2.75) is 62.6 Å². The van der Waals surface area contributed by atoms with Crippen molar-refractivity contribution < 1.29 is 4.79 Å². The molecule has 2 heterocycles. The van der Waals surface area contributed by atoms with Crippen molar-refractivity contribution in [1.29, 1.82) is 0 Å². The topological polar surface area (TPSA) is 41.1 Å². The molecular formula is C18H25ClN2O. The lowest BCUT2D eigenvalue weighted by Gasteiger charge is -2.28. The van der Waals surface area contributed by atoms with Crippen LogP contribution >= 0.6 is 12.4 Å². The third-order valence-corrected chi connectivity index (χ3v) is 5.41. The van der Waals surface area contributed by atoms with Gasteiger partial charge in [0.25, 0.3) is 0 Å². The van der Waals surface area contributed by atoms with Gasteiger partial charge in [-0.2, -0.15) is 0 Å². The Kier molecular flexibility index (Phi) is 4.74. The summed E-state index contributed by atoms with van der Waals surface area (Å²) in [5.74, 6) is 1.40. The lowest BCUT2D eigenvalue weighted by molar-refractivity contribution is -0.122. The molecule has 4 heteroatoms. The molecule has 2 bridgehead atoms. The van der Waals surface area contributed by atoms with Crippen molar-refractivity contribution in [3.63, 3.8) is 0 Å². The molecule has 0 spiro atoms. The molecule has 1 aliphatic carbocycles. The second kappa shape index (κ2) is 6.59. The van der Waals surface area contributed by atoms with Gasteiger partial charge in [-0.25, -0.2) is 0 Å². The molecule has 2 aliphatic heterocycles. The maximum atomic E-state index is 12.2. The SMILES string of the molecule is Cl.O=C(CC1CC2CCC(C1)N2)NC1CC1c1ccccc1. The summed E-state index contributed by atoms with van der Waals surface area (Å²) >= 11 is 0. The highest BCUT2D eigenvalue weighted by Crippen LogP contribution is 2.41. The number of benzene rings is 1. The van der Waals surface area contributed by atoms with E-state index in [4.69, 9.17) is 0 Å². The van der Waals surface area contributed by atoms with E-state index in [2.05, 4.69) is 34.9 Å². The van der Waals surface area contributed by atoms with Gasteiger partial charge < -0.3 is 10.6 Å². The highest BCUT2D eigenvalue weighted by molar-refractivity contribution is 5.85. The number of amides is 1. The molecule has 1 aromatic carbocycles. The molecule has 3 nitrogen and oxygen atoms in total. The van der Waals surface area contributed by atoms with Crippen LogP contribution < -0.4 is 10.6 Å². The van der Waals surface area contributed by atoms with Crippen LogP contribution in [0.5, 0.6) is 0 Å². The van der Waals surface area contributed by atoms with Crippen LogP contribution in [0.25, 0.3) is 0 Å². The van der Waals surface area contributed by atoms with Gasteiger partial charge in [-0.3, -0.25) is 4.79 Å². The van der Waals surface area contributed by atoms with Gasteiger partial charge in [-0.05, 0) is 43.6 Å². The number of fused-ring (bicyclic) bond motifs is 2. The van der Waals surface area contributed by atoms with Crippen molar-refractivity contribution in [3.05, 3.63) is 35.9 Å². The monoisotopic (exact) mass is 320 g/mol. The Morgan fingerprint density at radius 2 is 1.77 bits per heavy atom. The molecule has 0 aromatic heterocycles. The van der Waals surface area contributed by atoms with Crippen LogP contribution in [0.1, 0.15) is 50.0 Å². The van der Waals surface area contributed by atoms with Crippen LogP contribution in [0, 0.1) is 5.92 Å². The number of carbonyl (C=O) groups excluding carboxylic acids is 1. The summed E-state index contributed by atoms with van der Waals surface area (Å²) in [5.41, 5.74) is 1.36. The average Bonchev–Trinajstić information content (AvgIpc) is 3.16. The predicted molar refractivity (Wildman–Crippen MR) is 90.3 cm³/mol. The van der Waals surface area contributed by atoms with E-state index in [-0.39, 0.29) is 18.3 Å². The minimum absolute atomic E-state index is 0. The third-order valence-electron chi connectivity index (χ3n) is 5.41. The highest BCUT2D eigenvalue weighted by Gasteiger charge is 2.40. The molecule has 3 fully saturated rings. The standard InChI is InChI=1S/C18H24N2O.ClH/c21-18(10-12-8-14-6-7-15(9-12)19-14)20-17-11-16(17)13-4-2-1-3-5-13;/h1-5,12,14-17,19H,6-11H2,(H,20,21);1H. The Morgan fingerprint density at radius 1 is 1.09 bits per heavy atom. The molecular weight excluding hydrogens is 296 g/mol. The zero-order valence-corrected chi connectivity index (χ0v) is 13.6. The van der Waals surface area contributed by atoms with Crippen LogP contribution in [0.4, 0.5) is 0 Å². The van der Waals surface area contributed by atoms with Crippen LogP contribution in [0.15, 0.2) is 30.3 Å². The van der Waals surface area contributed by atoms with E-state index in [1.54, 1.807) is 0 Å². The molecule has 0 radical (unpaired) electrons. The smallest absolute Gasteiger partial charge is 0.220 e. The van der Waals surface area contributed by atoms with Gasteiger partial charge >= 0.3 is 0 Å². The number of hydrogen-bond acceptors (Lipinski definition) is 2. The quantitative estimate of drug-likeness (QED) is 0.895. The Hall–Kier alpha value is -1.06. The lowest BCUT2D eigenvalue weighted by atomic mass is 9.89. The summed E-state index contributed by atoms with van der Waals surface area (Å²) in [4.78, 5) is 12.2. The zero-order valence-electron chi connectivity index (χ0n) is 12.8. The summed E-state index contributed by atoms with van der Waals surface area (Å²) in [7, 11) is 0. The molecule has 3 aliphatic rings. The summed E-state index contributed by atoms with van der Waals surface area (Å²) < 4.78 is 0. The Bertz CT molecular complexity index is 509. The fourth-order valence-corrected chi connectivity index (χ4v) is 4.29. The first-order valence-electron chi connectivity index (χ1n) is 8.38. The van der Waals surface area contributed by atoms with Crippen LogP contribution in [-0.4, -0.2) is 24.0 Å². The van der Waals surface area contributed by atoms with Crippen molar-refractivity contribution in [3.8, 4) is 0 Å². The molecule has 120 valence electrons. The van der Waals surface area contributed by atoms with Gasteiger partial charge in [0.05, 0.1) is 0 Å². The number of carbonyl (C=O) groups is 1. The number of piperidine rings is 1. The molecule has 4 rings (SSSR count). The number of rotatable bonds is 4. The van der Waals surface area contributed by atoms with Crippen molar-refractivity contribution in [1.82, 2.24) is 10.6 Å². The summed E-state index contributed by atoms with van der Waals surface area (Å²) in [6, 6.07) is 12.3. The summed E-state index contributed by atoms with van der Waals surface area (Å²) in [5, 5.41) is 6.88. The van der Waals surface area contributed by atoms with Crippen molar-refractivity contribution in [2.24, 2.45) is 5.92 Å². The van der Waals surface area contributed by atoms with E-state index >= 15 is 0 Å². The minimum Gasteiger partial charge on any atom is -0.353 e. The first-order chi connectivity index (χ1) is 10.3. The fraction of sp³-hybridized carbons (Fsp3) is 0.611. The summed E-state index contributed by atoms with van der Waals surface area (Å²) in [6.45, 7) is 0. The third kappa shape index (κ3) is 3.47. The molecule has 2 saturated heterocycles. The normalized spacial score (nSPS) is 35.5. The second-order valence-electron chi connectivity index (χ2n) is 7.11. The number of halogens is 1. The van der Waals surface area contributed by atoms with Crippen LogP contribution in [-0.2, 0) is 4.79 Å². The minimum atomic E-state index is 0. The fourth-order valence-electron chi connectivity index (χ4n) is 4.29. The Labute approximate surface area is 138 Å². The van der Waals surface area contributed by atoms with Crippen LogP contribution in [0.2, 0.25) is 0 Å². The van der Waals surface area contributed by atoms with Gasteiger partial charge in [0.15, 0.2) is 0 Å².